The van der Waals surface area contributed by atoms with E-state index < -0.39 is 0 Å². The summed E-state index contributed by atoms with van der Waals surface area (Å²) in [6.07, 6.45) is 10.1. The average Bonchev–Trinajstić information content (AvgIpc) is 3.44. The minimum absolute atomic E-state index is 0.0758. The lowest BCUT2D eigenvalue weighted by atomic mass is 10.0. The van der Waals surface area contributed by atoms with Crippen molar-refractivity contribution >= 4 is 22.9 Å². The summed E-state index contributed by atoms with van der Waals surface area (Å²) < 4.78 is 7.69. The first kappa shape index (κ1) is 17.7. The minimum Gasteiger partial charge on any atom is -0.492 e. The fraction of sp³-hybridized carbons (Fsp3) is 0.350. The van der Waals surface area contributed by atoms with Crippen molar-refractivity contribution in [3.8, 4) is 5.75 Å². The van der Waals surface area contributed by atoms with Crippen molar-refractivity contribution in [2.75, 3.05) is 11.9 Å². The Kier molecular flexibility index (Phi) is 5.48. The van der Waals surface area contributed by atoms with Gasteiger partial charge in [0.1, 0.15) is 17.2 Å². The van der Waals surface area contributed by atoms with Crippen LogP contribution in [0.2, 0.25) is 0 Å². The molecule has 2 aromatic heterocycles. The molecule has 1 aliphatic carbocycles. The molecule has 140 valence electrons. The van der Waals surface area contributed by atoms with Gasteiger partial charge in [0.2, 0.25) is 0 Å². The smallest absolute Gasteiger partial charge is 0.267 e. The van der Waals surface area contributed by atoms with E-state index in [1.54, 1.807) is 18.0 Å². The number of carbonyl (C=O) groups excluding carboxylic acids is 1. The molecule has 27 heavy (non-hydrogen) atoms. The first-order valence-electron chi connectivity index (χ1n) is 9.23. The van der Waals surface area contributed by atoms with E-state index in [0.29, 0.717) is 12.5 Å². The molecule has 0 unspecified atom stereocenters. The zero-order valence-corrected chi connectivity index (χ0v) is 15.8. The Morgan fingerprint density at radius 2 is 2.07 bits per heavy atom. The molecule has 1 aliphatic rings. The first-order valence-corrected chi connectivity index (χ1v) is 10.1. The van der Waals surface area contributed by atoms with E-state index in [-0.39, 0.29) is 5.91 Å². The lowest BCUT2D eigenvalue weighted by Gasteiger charge is -2.10. The van der Waals surface area contributed by atoms with Crippen molar-refractivity contribution in [2.45, 2.75) is 38.1 Å². The number of benzene rings is 1. The van der Waals surface area contributed by atoms with Gasteiger partial charge in [-0.1, -0.05) is 12.8 Å². The van der Waals surface area contributed by atoms with Crippen molar-refractivity contribution in [2.24, 2.45) is 0 Å². The summed E-state index contributed by atoms with van der Waals surface area (Å²) in [4.78, 5) is 21.9. The van der Waals surface area contributed by atoms with Gasteiger partial charge >= 0.3 is 0 Å². The molecule has 0 bridgehead atoms. The van der Waals surface area contributed by atoms with E-state index in [9.17, 15) is 4.79 Å². The SMILES string of the molecule is O=C(Nc1ccc(OCCn2ccnc2)cc1)c1scnc1C1CCCC1. The summed E-state index contributed by atoms with van der Waals surface area (Å²) in [7, 11) is 0. The molecule has 1 fully saturated rings. The predicted octanol–water partition coefficient (Wildman–Crippen LogP) is 4.33. The van der Waals surface area contributed by atoms with Gasteiger partial charge < -0.3 is 14.6 Å². The average molecular weight is 382 g/mol. The molecule has 0 spiro atoms. The molecule has 1 aromatic carbocycles. The van der Waals surface area contributed by atoms with Crippen LogP contribution in [0.15, 0.2) is 48.5 Å². The summed E-state index contributed by atoms with van der Waals surface area (Å²) in [6.45, 7) is 1.31. The summed E-state index contributed by atoms with van der Waals surface area (Å²) in [5.74, 6) is 1.13. The number of rotatable bonds is 7. The van der Waals surface area contributed by atoms with Crippen LogP contribution in [0.3, 0.4) is 0 Å². The van der Waals surface area contributed by atoms with Crippen LogP contribution in [0.25, 0.3) is 0 Å². The van der Waals surface area contributed by atoms with E-state index in [1.807, 2.05) is 35.0 Å². The molecule has 6 nitrogen and oxygen atoms in total. The van der Waals surface area contributed by atoms with Gasteiger partial charge in [0.25, 0.3) is 5.91 Å². The summed E-state index contributed by atoms with van der Waals surface area (Å²) in [5.41, 5.74) is 3.50. The second-order valence-corrected chi connectivity index (χ2v) is 7.53. The highest BCUT2D eigenvalue weighted by Gasteiger charge is 2.25. The molecule has 4 rings (SSSR count). The third-order valence-corrected chi connectivity index (χ3v) is 5.67. The molecule has 7 heteroatoms. The molecular weight excluding hydrogens is 360 g/mol. The standard InChI is InChI=1S/C20H22N4O2S/c25-20(19-18(22-14-27-19)15-3-1-2-4-15)23-16-5-7-17(8-6-16)26-12-11-24-10-9-21-13-24/h5-10,13-15H,1-4,11-12H2,(H,23,25). The number of hydrogen-bond donors (Lipinski definition) is 1. The molecule has 0 atom stereocenters. The van der Waals surface area contributed by atoms with Gasteiger partial charge in [-0.3, -0.25) is 4.79 Å². The van der Waals surface area contributed by atoms with Gasteiger partial charge in [0, 0.05) is 24.0 Å². The van der Waals surface area contributed by atoms with Gasteiger partial charge in [-0.25, -0.2) is 9.97 Å². The lowest BCUT2D eigenvalue weighted by molar-refractivity contribution is 0.102. The quantitative estimate of drug-likeness (QED) is 0.660. The zero-order chi connectivity index (χ0) is 18.5. The molecular formula is C20H22N4O2S. The number of thiazole rings is 1. The Bertz CT molecular complexity index is 868. The molecule has 0 saturated heterocycles. The second kappa shape index (κ2) is 8.35. The van der Waals surface area contributed by atoms with Crippen LogP contribution in [0.1, 0.15) is 47.0 Å². The molecule has 3 aromatic rings. The second-order valence-electron chi connectivity index (χ2n) is 6.68. The van der Waals surface area contributed by atoms with Gasteiger partial charge in [-0.2, -0.15) is 0 Å². The number of nitrogens with one attached hydrogen (secondary N) is 1. The van der Waals surface area contributed by atoms with Crippen molar-refractivity contribution in [3.05, 3.63) is 59.1 Å². The maximum Gasteiger partial charge on any atom is 0.267 e. The van der Waals surface area contributed by atoms with Crippen LogP contribution in [0.5, 0.6) is 5.75 Å². The highest BCUT2D eigenvalue weighted by molar-refractivity contribution is 7.12. The lowest BCUT2D eigenvalue weighted by Crippen LogP contribution is -2.13. The Labute approximate surface area is 162 Å². The fourth-order valence-electron chi connectivity index (χ4n) is 3.42. The number of hydrogen-bond acceptors (Lipinski definition) is 5. The highest BCUT2D eigenvalue weighted by atomic mass is 32.1. The van der Waals surface area contributed by atoms with Crippen molar-refractivity contribution < 1.29 is 9.53 Å². The number of aromatic nitrogens is 3. The molecule has 1 amide bonds. The maximum absolute atomic E-state index is 12.7. The van der Waals surface area contributed by atoms with Crippen LogP contribution in [0, 0.1) is 0 Å². The van der Waals surface area contributed by atoms with Crippen LogP contribution < -0.4 is 10.1 Å². The summed E-state index contributed by atoms with van der Waals surface area (Å²) in [5, 5.41) is 2.98. The molecule has 1 saturated carbocycles. The highest BCUT2D eigenvalue weighted by Crippen LogP contribution is 2.36. The minimum atomic E-state index is -0.0758. The Morgan fingerprint density at radius 1 is 1.26 bits per heavy atom. The number of imidazole rings is 1. The van der Waals surface area contributed by atoms with Crippen LogP contribution in [-0.4, -0.2) is 27.0 Å². The topological polar surface area (TPSA) is 69.0 Å². The molecule has 1 N–H and O–H groups in total. The van der Waals surface area contributed by atoms with Crippen molar-refractivity contribution in [1.29, 1.82) is 0 Å². The van der Waals surface area contributed by atoms with E-state index in [2.05, 4.69) is 15.3 Å². The van der Waals surface area contributed by atoms with E-state index in [0.717, 1.165) is 41.4 Å². The van der Waals surface area contributed by atoms with Gasteiger partial charge in [0.15, 0.2) is 0 Å². The first-order chi connectivity index (χ1) is 13.3. The number of ether oxygens (including phenoxy) is 1. The predicted molar refractivity (Wildman–Crippen MR) is 105 cm³/mol. The number of nitrogens with zero attached hydrogens (tertiary/aromatic N) is 3. The van der Waals surface area contributed by atoms with Crippen molar-refractivity contribution in [1.82, 2.24) is 14.5 Å². The summed E-state index contributed by atoms with van der Waals surface area (Å²) >= 11 is 1.42. The van der Waals surface area contributed by atoms with Crippen molar-refractivity contribution in [3.63, 3.8) is 0 Å². The number of carbonyl (C=O) groups is 1. The third kappa shape index (κ3) is 4.36. The Morgan fingerprint density at radius 3 is 2.81 bits per heavy atom. The summed E-state index contributed by atoms with van der Waals surface area (Å²) in [6, 6.07) is 7.46. The van der Waals surface area contributed by atoms with Gasteiger partial charge in [-0.05, 0) is 37.1 Å². The maximum atomic E-state index is 12.7. The van der Waals surface area contributed by atoms with E-state index >= 15 is 0 Å². The van der Waals surface area contributed by atoms with E-state index in [1.165, 1.54) is 24.2 Å². The number of amides is 1. The van der Waals surface area contributed by atoms with Gasteiger partial charge in [0.05, 0.1) is 24.1 Å². The van der Waals surface area contributed by atoms with Crippen LogP contribution in [0.4, 0.5) is 5.69 Å². The van der Waals surface area contributed by atoms with Crippen LogP contribution >= 0.6 is 11.3 Å². The Balaban J connectivity index is 1.33. The van der Waals surface area contributed by atoms with E-state index in [4.69, 9.17) is 4.74 Å². The number of anilines is 1. The zero-order valence-electron chi connectivity index (χ0n) is 15.0. The fourth-order valence-corrected chi connectivity index (χ4v) is 4.19. The monoisotopic (exact) mass is 382 g/mol. The largest absolute Gasteiger partial charge is 0.492 e. The van der Waals surface area contributed by atoms with Gasteiger partial charge in [-0.15, -0.1) is 11.3 Å². The third-order valence-electron chi connectivity index (χ3n) is 4.83. The molecule has 2 heterocycles. The molecule has 0 aliphatic heterocycles. The van der Waals surface area contributed by atoms with Crippen LogP contribution in [-0.2, 0) is 6.54 Å². The normalized spacial score (nSPS) is 14.4. The molecule has 0 radical (unpaired) electrons. The Hall–Kier alpha value is -2.67.